The molecule has 0 aliphatic rings. The molecule has 7 nitrogen and oxygen atoms in total. The van der Waals surface area contributed by atoms with E-state index in [0.717, 1.165) is 23.4 Å². The van der Waals surface area contributed by atoms with E-state index >= 15 is 0 Å². The van der Waals surface area contributed by atoms with Gasteiger partial charge in [0.15, 0.2) is 0 Å². The molecule has 12 heteroatoms. The number of halogens is 4. The van der Waals surface area contributed by atoms with Crippen molar-refractivity contribution < 1.29 is 31.9 Å². The Morgan fingerprint density at radius 3 is 2.46 bits per heavy atom. The van der Waals surface area contributed by atoms with Crippen molar-refractivity contribution in [2.24, 2.45) is 0 Å². The van der Waals surface area contributed by atoms with Crippen LogP contribution >= 0.6 is 0 Å². The molecular formula is C27H28AsF4N3O4. The molecule has 0 spiro atoms. The van der Waals surface area contributed by atoms with Gasteiger partial charge < -0.3 is 9.72 Å². The van der Waals surface area contributed by atoms with Gasteiger partial charge in [0.1, 0.15) is 5.75 Å². The third-order valence-corrected chi connectivity index (χ3v) is 7.90. The topological polar surface area (TPSA) is 100 Å². The Labute approximate surface area is 227 Å². The number of benzene rings is 2. The molecular weight excluding hydrogens is 581 g/mol. The van der Waals surface area contributed by atoms with Crippen molar-refractivity contribution >= 4 is 32.2 Å². The predicted octanol–water partition coefficient (Wildman–Crippen LogP) is 5.26. The number of rotatable bonds is 10. The van der Waals surface area contributed by atoms with Crippen LogP contribution in [0, 0.1) is 5.82 Å². The van der Waals surface area contributed by atoms with E-state index in [1.807, 2.05) is 0 Å². The molecule has 3 N–H and O–H groups in total. The Morgan fingerprint density at radius 1 is 1.08 bits per heavy atom. The van der Waals surface area contributed by atoms with E-state index in [0.29, 0.717) is 17.7 Å². The van der Waals surface area contributed by atoms with E-state index in [4.69, 9.17) is 4.74 Å². The van der Waals surface area contributed by atoms with Crippen LogP contribution in [-0.2, 0) is 17.4 Å². The molecule has 2 aromatic carbocycles. The zero-order valence-corrected chi connectivity index (χ0v) is 23.4. The SMILES string of the molecule is CCOc1cc(=O)[nH]cc1-c1ccc(CC(=O)Nc2cc(C(=O)NCC[As](C)C)cc(C(F)(F)F)c2)c(F)c1. The second kappa shape index (κ2) is 13.0. The Hall–Kier alpha value is -3.59. The van der Waals surface area contributed by atoms with Gasteiger partial charge in [-0.15, -0.1) is 0 Å². The zero-order chi connectivity index (χ0) is 28.7. The molecule has 0 bridgehead atoms. The average Bonchev–Trinajstić information content (AvgIpc) is 2.84. The van der Waals surface area contributed by atoms with Gasteiger partial charge in [0, 0.05) is 17.8 Å². The van der Waals surface area contributed by atoms with Gasteiger partial charge in [-0.3, -0.25) is 4.79 Å². The molecule has 208 valence electrons. The summed E-state index contributed by atoms with van der Waals surface area (Å²) in [7, 11) is 0. The second-order valence-electron chi connectivity index (χ2n) is 8.90. The minimum Gasteiger partial charge on any atom is -0.207 e. The first-order valence-electron chi connectivity index (χ1n) is 12.0. The number of ether oxygens (including phenoxy) is 1. The maximum atomic E-state index is 14.9. The quantitative estimate of drug-likeness (QED) is 0.216. The van der Waals surface area contributed by atoms with Crippen molar-refractivity contribution in [3.63, 3.8) is 0 Å². The Bertz CT molecular complexity index is 1410. The zero-order valence-electron chi connectivity index (χ0n) is 21.5. The van der Waals surface area contributed by atoms with Gasteiger partial charge in [0.05, 0.1) is 6.61 Å². The van der Waals surface area contributed by atoms with Gasteiger partial charge in [0.25, 0.3) is 5.56 Å². The average molecular weight is 609 g/mol. The molecule has 39 heavy (non-hydrogen) atoms. The van der Waals surface area contributed by atoms with Crippen LogP contribution in [0.25, 0.3) is 11.1 Å². The molecule has 0 radical (unpaired) electrons. The molecule has 0 aliphatic heterocycles. The molecule has 2 amide bonds. The van der Waals surface area contributed by atoms with Gasteiger partial charge in [-0.1, -0.05) is 6.07 Å². The minimum atomic E-state index is -4.75. The minimum absolute atomic E-state index is 0.00152. The van der Waals surface area contributed by atoms with Crippen LogP contribution in [0.4, 0.5) is 23.2 Å². The van der Waals surface area contributed by atoms with Crippen molar-refractivity contribution in [2.45, 2.75) is 36.2 Å². The van der Waals surface area contributed by atoms with Crippen LogP contribution in [0.2, 0.25) is 16.6 Å². The van der Waals surface area contributed by atoms with Gasteiger partial charge >= 0.3 is 148 Å². The molecule has 0 unspecified atom stereocenters. The molecule has 0 fully saturated rings. The number of H-pyrrole nitrogens is 1. The van der Waals surface area contributed by atoms with E-state index in [2.05, 4.69) is 27.0 Å². The summed E-state index contributed by atoms with van der Waals surface area (Å²) in [6.07, 6.45) is -3.82. The van der Waals surface area contributed by atoms with E-state index in [9.17, 15) is 31.9 Å². The monoisotopic (exact) mass is 609 g/mol. The summed E-state index contributed by atoms with van der Waals surface area (Å²) < 4.78 is 60.8. The first kappa shape index (κ1) is 30.0. The van der Waals surface area contributed by atoms with Gasteiger partial charge in [-0.05, 0) is 18.6 Å². The second-order valence-corrected chi connectivity index (χ2v) is 14.4. The summed E-state index contributed by atoms with van der Waals surface area (Å²) in [4.78, 5) is 39.2. The molecule has 1 heterocycles. The van der Waals surface area contributed by atoms with Crippen LogP contribution < -0.4 is 20.9 Å². The molecule has 0 aliphatic carbocycles. The Kier molecular flexibility index (Phi) is 9.97. The smallest absolute Gasteiger partial charge is 0.207 e. The number of carbonyl (C=O) groups is 2. The number of hydrogen-bond acceptors (Lipinski definition) is 4. The summed E-state index contributed by atoms with van der Waals surface area (Å²) in [6.45, 7) is 2.38. The Morgan fingerprint density at radius 2 is 1.82 bits per heavy atom. The van der Waals surface area contributed by atoms with Crippen LogP contribution in [-0.4, -0.2) is 44.6 Å². The number of aromatic amines is 1. The fourth-order valence-electron chi connectivity index (χ4n) is 3.68. The van der Waals surface area contributed by atoms with Crippen molar-refractivity contribution in [1.29, 1.82) is 0 Å². The normalized spacial score (nSPS) is 11.4. The molecule has 0 atom stereocenters. The fourth-order valence-corrected chi connectivity index (χ4v) is 4.85. The maximum absolute atomic E-state index is 14.9. The summed E-state index contributed by atoms with van der Waals surface area (Å²) in [5.41, 5.74) is 3.07. The summed E-state index contributed by atoms with van der Waals surface area (Å²) >= 11 is -1.02. The molecule has 3 aromatic rings. The number of pyridine rings is 1. The number of amides is 2. The van der Waals surface area contributed by atoms with Crippen LogP contribution in [0.5, 0.6) is 5.75 Å². The van der Waals surface area contributed by atoms with Gasteiger partial charge in [0.2, 0.25) is 0 Å². The van der Waals surface area contributed by atoms with E-state index in [1.165, 1.54) is 30.5 Å². The number of anilines is 1. The third-order valence-electron chi connectivity index (χ3n) is 5.55. The van der Waals surface area contributed by atoms with Crippen molar-refractivity contribution in [2.75, 3.05) is 18.5 Å². The van der Waals surface area contributed by atoms with Crippen LogP contribution in [0.3, 0.4) is 0 Å². The van der Waals surface area contributed by atoms with Crippen molar-refractivity contribution in [3.05, 3.63) is 81.5 Å². The van der Waals surface area contributed by atoms with E-state index in [-0.39, 0.29) is 34.7 Å². The fraction of sp³-hybridized carbons (Fsp3) is 0.296. The number of alkyl halides is 3. The number of hydrogen-bond donors (Lipinski definition) is 3. The van der Waals surface area contributed by atoms with Crippen molar-refractivity contribution in [3.8, 4) is 16.9 Å². The van der Waals surface area contributed by atoms with Gasteiger partial charge in [-0.2, -0.15) is 0 Å². The molecule has 0 saturated heterocycles. The molecule has 0 saturated carbocycles. The Balaban J connectivity index is 1.79. The third kappa shape index (κ3) is 8.45. The number of nitrogens with one attached hydrogen (secondary N) is 3. The first-order valence-corrected chi connectivity index (χ1v) is 17.0. The number of carbonyl (C=O) groups excluding carboxylic acids is 2. The summed E-state index contributed by atoms with van der Waals surface area (Å²) in [6, 6.07) is 7.92. The summed E-state index contributed by atoms with van der Waals surface area (Å²) in [5.74, 6) is -1.91. The van der Waals surface area contributed by atoms with E-state index < -0.39 is 50.4 Å². The van der Waals surface area contributed by atoms with Crippen molar-refractivity contribution in [1.82, 2.24) is 10.3 Å². The molecule has 3 rings (SSSR count). The first-order chi connectivity index (χ1) is 18.4. The number of aromatic nitrogens is 1. The predicted molar refractivity (Wildman–Crippen MR) is 142 cm³/mol. The van der Waals surface area contributed by atoms with Crippen LogP contribution in [0.15, 0.2) is 53.5 Å². The van der Waals surface area contributed by atoms with Crippen LogP contribution in [0.1, 0.15) is 28.4 Å². The summed E-state index contributed by atoms with van der Waals surface area (Å²) in [5, 5.41) is 5.74. The van der Waals surface area contributed by atoms with Gasteiger partial charge in [-0.25, -0.2) is 4.39 Å². The van der Waals surface area contributed by atoms with E-state index in [1.54, 1.807) is 6.92 Å². The molecule has 1 aromatic heterocycles. The standard InChI is InChI=1S/C27H28AsF4N3O4/c1-4-39-23-14-24(36)34-15-21(23)16-5-6-17(22(29)11-16)12-25(37)35-20-10-18(9-19(13-20)27(30,31)32)26(38)33-8-7-28(2)3/h5-6,9-11,13-15H,4,7-8,12H2,1-3H3,(H,33,38)(H,34,36)(H,35,37).